The van der Waals surface area contributed by atoms with Crippen molar-refractivity contribution < 1.29 is 4.52 Å². The van der Waals surface area contributed by atoms with Gasteiger partial charge in [-0.3, -0.25) is 0 Å². The second kappa shape index (κ2) is 4.48. The second-order valence-electron chi connectivity index (χ2n) is 4.72. The molecule has 1 saturated carbocycles. The van der Waals surface area contributed by atoms with Gasteiger partial charge >= 0.3 is 0 Å². The van der Waals surface area contributed by atoms with Crippen molar-refractivity contribution in [3.8, 4) is 0 Å². The van der Waals surface area contributed by atoms with Crippen LogP contribution in [0.4, 0.5) is 0 Å². The molecule has 0 radical (unpaired) electrons. The fraction of sp³-hybridized carbons (Fsp3) is 0.818. The van der Waals surface area contributed by atoms with Gasteiger partial charge in [0.1, 0.15) is 0 Å². The summed E-state index contributed by atoms with van der Waals surface area (Å²) in [5.41, 5.74) is 5.76. The van der Waals surface area contributed by atoms with Gasteiger partial charge in [-0.15, -0.1) is 11.8 Å². The van der Waals surface area contributed by atoms with Crippen LogP contribution in [-0.4, -0.2) is 26.9 Å². The van der Waals surface area contributed by atoms with Gasteiger partial charge in [0.05, 0.1) is 10.8 Å². The van der Waals surface area contributed by atoms with Crippen LogP contribution in [-0.2, 0) is 5.54 Å². The van der Waals surface area contributed by atoms with Crippen LogP contribution in [0.25, 0.3) is 0 Å². The van der Waals surface area contributed by atoms with Crippen molar-refractivity contribution in [3.63, 3.8) is 0 Å². The van der Waals surface area contributed by atoms with E-state index >= 15 is 0 Å². The summed E-state index contributed by atoms with van der Waals surface area (Å²) in [6, 6.07) is 0. The van der Waals surface area contributed by atoms with Gasteiger partial charge in [0.2, 0.25) is 5.89 Å². The summed E-state index contributed by atoms with van der Waals surface area (Å²) in [7, 11) is 0. The highest BCUT2D eigenvalue weighted by Crippen LogP contribution is 2.45. The molecule has 0 amide bonds. The number of hydrogen-bond donors (Lipinski definition) is 1. The first-order chi connectivity index (χ1) is 8.23. The molecule has 2 aliphatic rings. The first kappa shape index (κ1) is 11.9. The Morgan fingerprint density at radius 1 is 1.41 bits per heavy atom. The lowest BCUT2D eigenvalue weighted by molar-refractivity contribution is 0.343. The second-order valence-corrected chi connectivity index (χ2v) is 7.32. The lowest BCUT2D eigenvalue weighted by Crippen LogP contribution is -2.21. The first-order valence-corrected chi connectivity index (χ1v) is 8.19. The molecule has 1 saturated heterocycles. The molecule has 2 N–H and O–H groups in total. The summed E-state index contributed by atoms with van der Waals surface area (Å²) < 4.78 is 5.33. The summed E-state index contributed by atoms with van der Waals surface area (Å²) in [4.78, 5) is 4.53. The third kappa shape index (κ3) is 2.22. The summed E-state index contributed by atoms with van der Waals surface area (Å²) in [5.74, 6) is 3.88. The zero-order chi connectivity index (χ0) is 11.9. The van der Waals surface area contributed by atoms with Gasteiger partial charge in [-0.2, -0.15) is 16.7 Å². The number of nitrogens with two attached hydrogens (primary N) is 1. The van der Waals surface area contributed by atoms with E-state index in [1.807, 2.05) is 23.5 Å². The van der Waals surface area contributed by atoms with Gasteiger partial charge in [0.15, 0.2) is 5.82 Å². The van der Waals surface area contributed by atoms with E-state index in [1.165, 1.54) is 11.5 Å². The van der Waals surface area contributed by atoms with Gasteiger partial charge in [0, 0.05) is 16.8 Å². The summed E-state index contributed by atoms with van der Waals surface area (Å²) in [6.07, 6.45) is 3.09. The predicted molar refractivity (Wildman–Crippen MR) is 71.1 cm³/mol. The van der Waals surface area contributed by atoms with Crippen molar-refractivity contribution in [3.05, 3.63) is 11.7 Å². The zero-order valence-corrected chi connectivity index (χ0v) is 11.5. The normalized spacial score (nSPS) is 31.4. The van der Waals surface area contributed by atoms with E-state index in [4.69, 9.17) is 10.3 Å². The Hall–Kier alpha value is -0.200. The van der Waals surface area contributed by atoms with Crippen molar-refractivity contribution in [1.82, 2.24) is 10.1 Å². The smallest absolute Gasteiger partial charge is 0.246 e. The van der Waals surface area contributed by atoms with Crippen molar-refractivity contribution in [2.75, 3.05) is 11.5 Å². The Bertz CT molecular complexity index is 405. The average molecular weight is 271 g/mol. The molecule has 1 aromatic rings. The van der Waals surface area contributed by atoms with Crippen molar-refractivity contribution in [1.29, 1.82) is 0 Å². The molecule has 2 atom stereocenters. The Labute approximate surface area is 109 Å². The zero-order valence-electron chi connectivity index (χ0n) is 9.89. The quantitative estimate of drug-likeness (QED) is 0.910. The highest BCUT2D eigenvalue weighted by molar-refractivity contribution is 8.06. The van der Waals surface area contributed by atoms with E-state index < -0.39 is 0 Å². The Kier molecular flexibility index (Phi) is 3.13. The molecule has 2 fully saturated rings. The number of aromatic nitrogens is 2. The summed E-state index contributed by atoms with van der Waals surface area (Å²) in [6.45, 7) is 2.23. The first-order valence-electron chi connectivity index (χ1n) is 6.09. The minimum atomic E-state index is -0.306. The molecular weight excluding hydrogens is 254 g/mol. The van der Waals surface area contributed by atoms with Crippen LogP contribution in [0.1, 0.15) is 43.2 Å². The van der Waals surface area contributed by atoms with Crippen molar-refractivity contribution in [2.24, 2.45) is 5.73 Å². The summed E-state index contributed by atoms with van der Waals surface area (Å²) in [5, 5.41) is 5.12. The lowest BCUT2D eigenvalue weighted by atomic mass is 10.2. The molecule has 0 aromatic carbocycles. The SMILES string of the molecule is CCC1SCCSC1c1noc(C2(N)CC2)n1. The molecule has 1 aromatic heterocycles. The van der Waals surface area contributed by atoms with Crippen LogP contribution in [0.15, 0.2) is 4.52 Å². The molecule has 3 rings (SSSR count). The highest BCUT2D eigenvalue weighted by Gasteiger charge is 2.46. The third-order valence-electron chi connectivity index (χ3n) is 3.36. The lowest BCUT2D eigenvalue weighted by Gasteiger charge is -2.27. The van der Waals surface area contributed by atoms with Gasteiger partial charge in [-0.05, 0) is 19.3 Å². The maximum atomic E-state index is 6.07. The molecule has 6 heteroatoms. The average Bonchev–Trinajstić information content (AvgIpc) is 2.94. The molecule has 4 nitrogen and oxygen atoms in total. The Morgan fingerprint density at radius 2 is 2.18 bits per heavy atom. The number of rotatable bonds is 3. The maximum Gasteiger partial charge on any atom is 0.246 e. The van der Waals surface area contributed by atoms with E-state index in [0.29, 0.717) is 16.4 Å². The summed E-state index contributed by atoms with van der Waals surface area (Å²) >= 11 is 3.97. The molecule has 1 aliphatic carbocycles. The topological polar surface area (TPSA) is 64.9 Å². The third-order valence-corrected chi connectivity index (χ3v) is 6.61. The predicted octanol–water partition coefficient (Wildman–Crippen LogP) is 2.32. The van der Waals surface area contributed by atoms with Crippen LogP contribution in [0.3, 0.4) is 0 Å². The van der Waals surface area contributed by atoms with Crippen LogP contribution in [0.2, 0.25) is 0 Å². The van der Waals surface area contributed by atoms with Gasteiger partial charge in [-0.25, -0.2) is 0 Å². The highest BCUT2D eigenvalue weighted by atomic mass is 32.2. The van der Waals surface area contributed by atoms with Gasteiger partial charge in [0.25, 0.3) is 0 Å². The van der Waals surface area contributed by atoms with E-state index in [0.717, 1.165) is 25.1 Å². The van der Waals surface area contributed by atoms with E-state index in [1.54, 1.807) is 0 Å². The van der Waals surface area contributed by atoms with Crippen molar-refractivity contribution in [2.45, 2.75) is 42.2 Å². The van der Waals surface area contributed by atoms with Crippen LogP contribution >= 0.6 is 23.5 Å². The molecule has 94 valence electrons. The Morgan fingerprint density at radius 3 is 2.88 bits per heavy atom. The van der Waals surface area contributed by atoms with Crippen molar-refractivity contribution >= 4 is 23.5 Å². The molecule has 0 bridgehead atoms. The minimum absolute atomic E-state index is 0.306. The molecule has 1 aliphatic heterocycles. The fourth-order valence-corrected chi connectivity index (χ4v) is 5.03. The maximum absolute atomic E-state index is 6.07. The Balaban J connectivity index is 1.80. The largest absolute Gasteiger partial charge is 0.337 e. The standard InChI is InChI=1S/C11H17N3OS2/c1-2-7-8(17-6-5-16-7)9-13-10(15-14-9)11(12)3-4-11/h7-8H,2-6,12H2,1H3. The number of nitrogens with zero attached hydrogens (tertiary/aromatic N) is 2. The van der Waals surface area contributed by atoms with Crippen LogP contribution < -0.4 is 5.73 Å². The fourth-order valence-electron chi connectivity index (χ4n) is 2.04. The molecule has 17 heavy (non-hydrogen) atoms. The van der Waals surface area contributed by atoms with E-state index in [9.17, 15) is 0 Å². The molecule has 0 spiro atoms. The van der Waals surface area contributed by atoms with E-state index in [2.05, 4.69) is 17.1 Å². The minimum Gasteiger partial charge on any atom is -0.337 e. The molecular formula is C11H17N3OS2. The van der Waals surface area contributed by atoms with Gasteiger partial charge < -0.3 is 10.3 Å². The van der Waals surface area contributed by atoms with E-state index in [-0.39, 0.29) is 5.54 Å². The number of hydrogen-bond acceptors (Lipinski definition) is 6. The van der Waals surface area contributed by atoms with Crippen LogP contribution in [0, 0.1) is 0 Å². The number of thioether (sulfide) groups is 2. The van der Waals surface area contributed by atoms with Crippen LogP contribution in [0.5, 0.6) is 0 Å². The monoisotopic (exact) mass is 271 g/mol. The molecule has 2 unspecified atom stereocenters. The van der Waals surface area contributed by atoms with Gasteiger partial charge in [-0.1, -0.05) is 12.1 Å². The molecule has 2 heterocycles.